The van der Waals surface area contributed by atoms with E-state index in [1.165, 1.54) is 0 Å². The first kappa shape index (κ1) is 14.5. The largest absolute Gasteiger partial charge is 0.290 e. The number of thioether (sulfide) groups is 1. The molecule has 0 saturated carbocycles. The topological polar surface area (TPSA) is 84.8 Å². The summed E-state index contributed by atoms with van der Waals surface area (Å²) in [5.41, 5.74) is 3.29. The first-order chi connectivity index (χ1) is 11.7. The molecule has 0 atom stereocenters. The molecule has 6 nitrogen and oxygen atoms in total. The van der Waals surface area contributed by atoms with E-state index in [4.69, 9.17) is 0 Å². The average molecular weight is 334 g/mol. The number of hydrogen-bond donors (Lipinski definition) is 1. The zero-order valence-electron chi connectivity index (χ0n) is 12.3. The van der Waals surface area contributed by atoms with Crippen molar-refractivity contribution >= 4 is 39.9 Å². The molecule has 0 radical (unpaired) electrons. The van der Waals surface area contributed by atoms with Gasteiger partial charge in [-0.1, -0.05) is 6.07 Å². The fourth-order valence-corrected chi connectivity index (χ4v) is 3.18. The van der Waals surface area contributed by atoms with E-state index in [-0.39, 0.29) is 11.1 Å². The molecule has 1 aliphatic heterocycles. The van der Waals surface area contributed by atoms with E-state index in [0.29, 0.717) is 4.91 Å². The number of rotatable bonds is 2. The van der Waals surface area contributed by atoms with Gasteiger partial charge in [-0.15, -0.1) is 0 Å². The predicted molar refractivity (Wildman–Crippen MR) is 91.9 cm³/mol. The van der Waals surface area contributed by atoms with Gasteiger partial charge in [-0.2, -0.15) is 10.2 Å². The van der Waals surface area contributed by atoms with Crippen LogP contribution in [0.25, 0.3) is 28.2 Å². The van der Waals surface area contributed by atoms with Crippen LogP contribution in [0.4, 0.5) is 4.79 Å². The number of carbonyl (C=O) groups excluding carboxylic acids is 2. The van der Waals surface area contributed by atoms with Crippen LogP contribution >= 0.6 is 11.8 Å². The number of hydrogen-bond acceptors (Lipinski definition) is 6. The highest BCUT2D eigenvalue weighted by molar-refractivity contribution is 8.18. The number of nitrogens with zero attached hydrogens (tertiary/aromatic N) is 3. The number of imide groups is 1. The van der Waals surface area contributed by atoms with E-state index in [2.05, 4.69) is 20.5 Å². The molecular weight excluding hydrogens is 324 g/mol. The molecule has 3 heterocycles. The zero-order chi connectivity index (χ0) is 16.5. The average Bonchev–Trinajstić information content (AvgIpc) is 2.92. The van der Waals surface area contributed by atoms with Crippen molar-refractivity contribution in [3.63, 3.8) is 0 Å². The normalized spacial score (nSPS) is 15.9. The Morgan fingerprint density at radius 2 is 2.00 bits per heavy atom. The van der Waals surface area contributed by atoms with E-state index < -0.39 is 0 Å². The van der Waals surface area contributed by atoms with Crippen LogP contribution in [0.15, 0.2) is 53.7 Å². The summed E-state index contributed by atoms with van der Waals surface area (Å²) in [7, 11) is 0. The number of nitrogens with one attached hydrogen (secondary N) is 1. The molecule has 0 spiro atoms. The molecule has 1 fully saturated rings. The molecule has 24 heavy (non-hydrogen) atoms. The molecule has 4 rings (SSSR count). The first-order valence-electron chi connectivity index (χ1n) is 7.12. The van der Waals surface area contributed by atoms with Crippen LogP contribution < -0.4 is 5.32 Å². The van der Waals surface area contributed by atoms with Crippen LogP contribution in [0.3, 0.4) is 0 Å². The maximum Gasteiger partial charge on any atom is 0.290 e. The van der Waals surface area contributed by atoms with Gasteiger partial charge in [-0.25, -0.2) is 0 Å². The van der Waals surface area contributed by atoms with Gasteiger partial charge in [-0.3, -0.25) is 19.9 Å². The minimum atomic E-state index is -0.370. The molecule has 1 saturated heterocycles. The molecule has 1 N–H and O–H groups in total. The van der Waals surface area contributed by atoms with E-state index in [0.717, 1.165) is 39.5 Å². The molecule has 0 aliphatic carbocycles. The van der Waals surface area contributed by atoms with Crippen LogP contribution in [0.2, 0.25) is 0 Å². The molecule has 1 aliphatic rings. The lowest BCUT2D eigenvalue weighted by Gasteiger charge is -2.06. The van der Waals surface area contributed by atoms with Crippen LogP contribution in [-0.4, -0.2) is 26.3 Å². The van der Waals surface area contributed by atoms with Crippen LogP contribution in [0.5, 0.6) is 0 Å². The second kappa shape index (κ2) is 5.86. The van der Waals surface area contributed by atoms with Crippen LogP contribution in [-0.2, 0) is 4.79 Å². The van der Waals surface area contributed by atoms with Gasteiger partial charge < -0.3 is 0 Å². The van der Waals surface area contributed by atoms with Crippen LogP contribution in [0.1, 0.15) is 5.56 Å². The third-order valence-electron chi connectivity index (χ3n) is 3.55. The molecule has 1 aromatic carbocycles. The summed E-state index contributed by atoms with van der Waals surface area (Å²) in [6, 6.07) is 11.2. The number of benzene rings is 1. The quantitative estimate of drug-likeness (QED) is 0.725. The minimum absolute atomic E-state index is 0.353. The Hall–Kier alpha value is -3.06. The lowest BCUT2D eigenvalue weighted by molar-refractivity contribution is -0.115. The summed E-state index contributed by atoms with van der Waals surface area (Å²) >= 11 is 0.898. The van der Waals surface area contributed by atoms with Crippen LogP contribution in [0, 0.1) is 0 Å². The molecule has 2 aromatic heterocycles. The van der Waals surface area contributed by atoms with Crippen molar-refractivity contribution in [2.45, 2.75) is 0 Å². The van der Waals surface area contributed by atoms with E-state index >= 15 is 0 Å². The summed E-state index contributed by atoms with van der Waals surface area (Å²) in [5.74, 6) is -0.370. The molecule has 0 bridgehead atoms. The highest BCUT2D eigenvalue weighted by atomic mass is 32.2. The van der Waals surface area contributed by atoms with Crippen molar-refractivity contribution in [3.05, 3.63) is 59.3 Å². The summed E-state index contributed by atoms with van der Waals surface area (Å²) in [4.78, 5) is 27.7. The van der Waals surface area contributed by atoms with Gasteiger partial charge >= 0.3 is 0 Å². The Kier molecular flexibility index (Phi) is 3.55. The highest BCUT2D eigenvalue weighted by Gasteiger charge is 2.24. The zero-order valence-corrected chi connectivity index (χ0v) is 13.1. The van der Waals surface area contributed by atoms with Gasteiger partial charge in [0.2, 0.25) is 0 Å². The fraction of sp³-hybridized carbons (Fsp3) is 0. The number of pyridine rings is 1. The highest BCUT2D eigenvalue weighted by Crippen LogP contribution is 2.29. The second-order valence-electron chi connectivity index (χ2n) is 5.10. The number of fused-ring (bicyclic) bond motifs is 1. The number of aromatic nitrogens is 3. The van der Waals surface area contributed by atoms with Crippen molar-refractivity contribution in [1.82, 2.24) is 20.5 Å². The molecule has 0 unspecified atom stereocenters. The predicted octanol–water partition coefficient (Wildman–Crippen LogP) is 3.02. The maximum atomic E-state index is 11.7. The van der Waals surface area contributed by atoms with Crippen molar-refractivity contribution in [3.8, 4) is 11.3 Å². The van der Waals surface area contributed by atoms with E-state index in [1.54, 1.807) is 18.5 Å². The molecule has 3 aromatic rings. The minimum Gasteiger partial charge on any atom is -0.282 e. The van der Waals surface area contributed by atoms with Gasteiger partial charge in [0.25, 0.3) is 11.1 Å². The molecular formula is C17H10N4O2S. The van der Waals surface area contributed by atoms with Gasteiger partial charge in [-0.05, 0) is 53.7 Å². The number of amides is 2. The SMILES string of the molecule is O=C1NC(=O)/C(=C\c2ccc3nccc(-c4cccnn4)c3c2)S1. The monoisotopic (exact) mass is 334 g/mol. The summed E-state index contributed by atoms with van der Waals surface area (Å²) in [5, 5.41) is 10.9. The maximum absolute atomic E-state index is 11.7. The lowest BCUT2D eigenvalue weighted by atomic mass is 10.0. The molecule has 7 heteroatoms. The number of carbonyl (C=O) groups is 2. The third kappa shape index (κ3) is 2.65. The van der Waals surface area contributed by atoms with Crippen molar-refractivity contribution < 1.29 is 9.59 Å². The third-order valence-corrected chi connectivity index (χ3v) is 4.36. The van der Waals surface area contributed by atoms with Gasteiger partial charge in [0.1, 0.15) is 0 Å². The van der Waals surface area contributed by atoms with Crippen molar-refractivity contribution in [2.75, 3.05) is 0 Å². The van der Waals surface area contributed by atoms with E-state index in [1.807, 2.05) is 36.4 Å². The molecule has 116 valence electrons. The van der Waals surface area contributed by atoms with E-state index in [9.17, 15) is 9.59 Å². The summed E-state index contributed by atoms with van der Waals surface area (Å²) in [6.45, 7) is 0. The van der Waals surface area contributed by atoms with Crippen molar-refractivity contribution in [1.29, 1.82) is 0 Å². The smallest absolute Gasteiger partial charge is 0.282 e. The second-order valence-corrected chi connectivity index (χ2v) is 6.11. The fourth-order valence-electron chi connectivity index (χ4n) is 2.49. The summed E-state index contributed by atoms with van der Waals surface area (Å²) < 4.78 is 0. The lowest BCUT2D eigenvalue weighted by Crippen LogP contribution is -2.17. The standard InChI is InChI=1S/C17H10N4O2S/c22-16-15(24-17(23)20-16)9-10-3-4-13-12(8-10)11(5-7-18-13)14-2-1-6-19-21-14/h1-9H,(H,20,22,23)/b15-9+. The van der Waals surface area contributed by atoms with Crippen molar-refractivity contribution in [2.24, 2.45) is 0 Å². The van der Waals surface area contributed by atoms with Gasteiger partial charge in [0.05, 0.1) is 16.1 Å². The Balaban J connectivity index is 1.85. The van der Waals surface area contributed by atoms with Gasteiger partial charge in [0, 0.05) is 23.3 Å². The van der Waals surface area contributed by atoms with Gasteiger partial charge in [0.15, 0.2) is 0 Å². The molecule has 2 amide bonds. The Morgan fingerprint density at radius 3 is 2.75 bits per heavy atom. The summed E-state index contributed by atoms with van der Waals surface area (Å²) in [6.07, 6.45) is 5.04. The Labute approximate surface area is 141 Å². The first-order valence-corrected chi connectivity index (χ1v) is 7.94. The Morgan fingerprint density at radius 1 is 1.08 bits per heavy atom. The Bertz CT molecular complexity index is 1000.